The lowest BCUT2D eigenvalue weighted by atomic mass is 9.95. The Morgan fingerprint density at radius 1 is 1.06 bits per heavy atom. The number of aromatic nitrogens is 1. The van der Waals surface area contributed by atoms with Gasteiger partial charge in [0.2, 0.25) is 5.91 Å². The van der Waals surface area contributed by atoms with Gasteiger partial charge in [-0.3, -0.25) is 15.2 Å². The maximum absolute atomic E-state index is 14.4. The van der Waals surface area contributed by atoms with Crippen LogP contribution in [0.25, 0.3) is 0 Å². The fourth-order valence-corrected chi connectivity index (χ4v) is 7.05. The van der Waals surface area contributed by atoms with Crippen molar-refractivity contribution in [3.63, 3.8) is 0 Å². The number of nitrogens with zero attached hydrogens (tertiary/aromatic N) is 5. The Morgan fingerprint density at radius 3 is 2.42 bits per heavy atom. The highest BCUT2D eigenvalue weighted by atomic mass is 32.1. The van der Waals surface area contributed by atoms with Crippen molar-refractivity contribution in [1.82, 2.24) is 35.4 Å². The molecule has 1 aliphatic heterocycles. The molecule has 3 N–H and O–H groups in total. The van der Waals surface area contributed by atoms with E-state index in [1.165, 1.54) is 18.4 Å². The Labute approximate surface area is 317 Å². The summed E-state index contributed by atoms with van der Waals surface area (Å²) in [5.41, 5.74) is 4.94. The number of thiophene rings is 1. The molecule has 4 unspecified atom stereocenters. The summed E-state index contributed by atoms with van der Waals surface area (Å²) in [5, 5.41) is 18.5. The molecule has 3 heterocycles. The van der Waals surface area contributed by atoms with Gasteiger partial charge in [0.1, 0.15) is 6.04 Å². The number of carbonyl (C=O) groups is 4. The van der Waals surface area contributed by atoms with Gasteiger partial charge in [-0.25, -0.2) is 24.3 Å². The van der Waals surface area contributed by atoms with Gasteiger partial charge in [0, 0.05) is 36.8 Å². The molecular weight excluding hydrogens is 695 g/mol. The zero-order valence-corrected chi connectivity index (χ0v) is 32.8. The second kappa shape index (κ2) is 19.0. The molecule has 1 fully saturated rings. The zero-order valence-electron chi connectivity index (χ0n) is 31.9. The number of amides is 6. The van der Waals surface area contributed by atoms with E-state index in [9.17, 15) is 24.3 Å². The van der Waals surface area contributed by atoms with E-state index >= 15 is 0 Å². The Kier molecular flexibility index (Phi) is 14.8. The van der Waals surface area contributed by atoms with Crippen LogP contribution in [0.15, 0.2) is 66.0 Å². The summed E-state index contributed by atoms with van der Waals surface area (Å²) in [6.07, 6.45) is -1.04. The molecule has 0 spiro atoms. The Bertz CT molecular complexity index is 1650. The number of pyridine rings is 1. The number of hydrogen-bond acceptors (Lipinski definition) is 9. The van der Waals surface area contributed by atoms with Crippen LogP contribution in [0, 0.1) is 18.3 Å². The van der Waals surface area contributed by atoms with Crippen LogP contribution in [0.5, 0.6) is 0 Å². The quantitative estimate of drug-likeness (QED) is 0.164. The van der Waals surface area contributed by atoms with Crippen molar-refractivity contribution in [3.05, 3.63) is 87.9 Å². The number of aryl methyl sites for hydroxylation is 1. The summed E-state index contributed by atoms with van der Waals surface area (Å²) in [5.74, 6) is -0.536. The summed E-state index contributed by atoms with van der Waals surface area (Å²) in [6, 6.07) is 16.5. The predicted molar refractivity (Wildman–Crippen MR) is 205 cm³/mol. The molecular formula is C39H55N7O6S. The van der Waals surface area contributed by atoms with Crippen molar-refractivity contribution in [2.24, 2.45) is 11.3 Å². The molecule has 0 radical (unpaired) electrons. The smallest absolute Gasteiger partial charge is 0.417 e. The molecule has 1 aliphatic rings. The molecule has 3 aromatic rings. The zero-order chi connectivity index (χ0) is 38.7. The van der Waals surface area contributed by atoms with Gasteiger partial charge < -0.3 is 25.0 Å². The van der Waals surface area contributed by atoms with E-state index in [4.69, 9.17) is 4.74 Å². The number of rotatable bonds is 16. The molecule has 4 atom stereocenters. The third-order valence-corrected chi connectivity index (χ3v) is 10.0. The lowest BCUT2D eigenvalue weighted by molar-refractivity contribution is -0.128. The first-order valence-electron chi connectivity index (χ1n) is 18.1. The number of aliphatic hydroxyl groups is 1. The van der Waals surface area contributed by atoms with Crippen LogP contribution in [0.1, 0.15) is 62.9 Å². The van der Waals surface area contributed by atoms with Gasteiger partial charge in [0.15, 0.2) is 0 Å². The summed E-state index contributed by atoms with van der Waals surface area (Å²) in [7, 11) is 1.22. The van der Waals surface area contributed by atoms with Gasteiger partial charge in [0.25, 0.3) is 0 Å². The van der Waals surface area contributed by atoms with Crippen molar-refractivity contribution in [1.29, 1.82) is 0 Å². The number of ether oxygens (including phenoxy) is 1. The predicted octanol–water partition coefficient (Wildman–Crippen LogP) is 5.43. The highest BCUT2D eigenvalue weighted by Gasteiger charge is 2.41. The topological polar surface area (TPSA) is 148 Å². The number of hydrazine groups is 1. The molecule has 0 saturated carbocycles. The van der Waals surface area contributed by atoms with Gasteiger partial charge in [-0.15, -0.1) is 11.3 Å². The van der Waals surface area contributed by atoms with E-state index in [-0.39, 0.29) is 37.5 Å². The molecule has 0 aliphatic carbocycles. The van der Waals surface area contributed by atoms with E-state index in [0.717, 1.165) is 26.7 Å². The van der Waals surface area contributed by atoms with Crippen molar-refractivity contribution < 1.29 is 29.0 Å². The lowest BCUT2D eigenvalue weighted by Gasteiger charge is -2.35. The number of imide groups is 1. The van der Waals surface area contributed by atoms with E-state index in [1.54, 1.807) is 14.8 Å². The van der Waals surface area contributed by atoms with Gasteiger partial charge in [-0.1, -0.05) is 83.5 Å². The molecule has 2 aromatic heterocycles. The van der Waals surface area contributed by atoms with Crippen molar-refractivity contribution in [3.8, 4) is 0 Å². The summed E-state index contributed by atoms with van der Waals surface area (Å²) < 4.78 is 4.92. The Balaban J connectivity index is 1.57. The van der Waals surface area contributed by atoms with Gasteiger partial charge in [-0.05, 0) is 53.8 Å². The third-order valence-electron chi connectivity index (χ3n) is 9.16. The monoisotopic (exact) mass is 749 g/mol. The standard InChI is InChI=1S/C39H55N7O6S/c1-8-27(2)34(45-20-19-43(37(45)50)23-30-17-12-14-28(3)40-30)35(48)41-32(22-29-15-10-9-11-16-29)33(47)25-44(24-31-18-13-21-53-31)42-36(49)46(38(51)52-7)26-39(4,5)6/h9-18,21,27,32-34,47H,8,19-20,22-26H2,1-7H3,(H,41,48)(H,42,49). The fourth-order valence-electron chi connectivity index (χ4n) is 6.33. The number of methoxy groups -OCH3 is 1. The molecule has 53 heavy (non-hydrogen) atoms. The number of nitrogens with one attached hydrogen (secondary N) is 2. The highest BCUT2D eigenvalue weighted by Crippen LogP contribution is 2.23. The summed E-state index contributed by atoms with van der Waals surface area (Å²) in [6.45, 7) is 13.0. The largest absolute Gasteiger partial charge is 0.452 e. The number of urea groups is 2. The van der Waals surface area contributed by atoms with Crippen LogP contribution in [0.2, 0.25) is 0 Å². The third kappa shape index (κ3) is 12.0. The molecule has 0 bridgehead atoms. The average molecular weight is 750 g/mol. The maximum Gasteiger partial charge on any atom is 0.417 e. The van der Waals surface area contributed by atoms with E-state index < -0.39 is 35.7 Å². The molecule has 288 valence electrons. The minimum absolute atomic E-state index is 0.0835. The van der Waals surface area contributed by atoms with Crippen molar-refractivity contribution in [2.45, 2.75) is 85.7 Å². The minimum Gasteiger partial charge on any atom is -0.452 e. The van der Waals surface area contributed by atoms with E-state index in [1.807, 2.05) is 108 Å². The molecule has 6 amide bonds. The SMILES string of the molecule is CCC(C)C(C(=O)NC(Cc1ccccc1)C(O)CN(Cc1cccs1)NC(=O)N(CC(C)(C)C)C(=O)OC)N1CCN(Cc2cccc(C)n2)C1=O. The van der Waals surface area contributed by atoms with Crippen LogP contribution in [0.3, 0.4) is 0 Å². The molecule has 1 aromatic carbocycles. The molecule has 13 nitrogen and oxygen atoms in total. The summed E-state index contributed by atoms with van der Waals surface area (Å²) >= 11 is 1.49. The molecule has 4 rings (SSSR count). The van der Waals surface area contributed by atoms with E-state index in [0.29, 0.717) is 32.5 Å². The van der Waals surface area contributed by atoms with Gasteiger partial charge >= 0.3 is 18.2 Å². The first kappa shape index (κ1) is 41.2. The van der Waals surface area contributed by atoms with Crippen LogP contribution >= 0.6 is 11.3 Å². The average Bonchev–Trinajstić information content (AvgIpc) is 3.76. The molecule has 14 heteroatoms. The maximum atomic E-state index is 14.4. The number of hydrogen-bond donors (Lipinski definition) is 3. The van der Waals surface area contributed by atoms with Crippen molar-refractivity contribution >= 4 is 35.4 Å². The van der Waals surface area contributed by atoms with Crippen LogP contribution in [-0.2, 0) is 29.0 Å². The second-order valence-electron chi connectivity index (χ2n) is 14.9. The first-order chi connectivity index (χ1) is 25.2. The number of benzene rings is 1. The van der Waals surface area contributed by atoms with Crippen LogP contribution in [-0.4, -0.2) is 105 Å². The normalized spacial score (nSPS) is 15.5. The molecule has 1 saturated heterocycles. The van der Waals surface area contributed by atoms with Crippen LogP contribution in [0.4, 0.5) is 14.4 Å². The van der Waals surface area contributed by atoms with Crippen LogP contribution < -0.4 is 10.7 Å². The number of carbonyl (C=O) groups excluding carboxylic acids is 4. The summed E-state index contributed by atoms with van der Waals surface area (Å²) in [4.78, 5) is 64.2. The van der Waals surface area contributed by atoms with Gasteiger partial charge in [0.05, 0.1) is 38.0 Å². The number of aliphatic hydroxyl groups excluding tert-OH is 1. The van der Waals surface area contributed by atoms with E-state index in [2.05, 4.69) is 15.7 Å². The fraction of sp³-hybridized carbons (Fsp3) is 0.513. The highest BCUT2D eigenvalue weighted by molar-refractivity contribution is 7.09. The van der Waals surface area contributed by atoms with Gasteiger partial charge in [-0.2, -0.15) is 0 Å². The lowest BCUT2D eigenvalue weighted by Crippen LogP contribution is -2.59. The Hall–Kier alpha value is -4.53. The first-order valence-corrected chi connectivity index (χ1v) is 19.0. The second-order valence-corrected chi connectivity index (χ2v) is 15.9. The van der Waals surface area contributed by atoms with Crippen molar-refractivity contribution in [2.75, 3.05) is 33.3 Å². The Morgan fingerprint density at radius 2 is 1.79 bits per heavy atom. The minimum atomic E-state index is -1.18.